The van der Waals surface area contributed by atoms with E-state index in [1.807, 2.05) is 51.3 Å². The van der Waals surface area contributed by atoms with Gasteiger partial charge in [0.15, 0.2) is 0 Å². The van der Waals surface area contributed by atoms with Gasteiger partial charge in [0.25, 0.3) is 0 Å². The van der Waals surface area contributed by atoms with Gasteiger partial charge in [-0.05, 0) is 138 Å². The molecule has 8 heteroatoms. The van der Waals surface area contributed by atoms with Crippen molar-refractivity contribution < 1.29 is 24.3 Å². The minimum Gasteiger partial charge on any atom is -0.545 e. The van der Waals surface area contributed by atoms with Crippen LogP contribution in [-0.2, 0) is 10.8 Å². The van der Waals surface area contributed by atoms with Gasteiger partial charge in [-0.3, -0.25) is 4.90 Å². The predicted octanol–water partition coefficient (Wildman–Crippen LogP) is 11.9. The molecule has 1 N–H and O–H groups in total. The SMILES string of the molecule is CCN1c2cc3c(cc2C(C)=CC1(C)C)C(c1ccccc1C(C)(C)C)C1C=C2C(C)=CC(C)(C)[NH+](CC)C2C=C1O3.CN(C)c1ccc2c(c1)OC1=CC(N(C)C)C=CC1C2c1cc(C(C)(C)C)ccc1C(=O)[O-]. The normalized spacial score (nSPS) is 24.8. The van der Waals surface area contributed by atoms with Gasteiger partial charge in [-0.15, -0.1) is 0 Å². The highest BCUT2D eigenvalue weighted by atomic mass is 16.5. The van der Waals surface area contributed by atoms with Crippen LogP contribution in [0, 0.1) is 11.8 Å². The number of likely N-dealkylation sites (N-methyl/N-ethyl adjacent to an activating group) is 3. The van der Waals surface area contributed by atoms with Gasteiger partial charge in [0.1, 0.15) is 34.6 Å². The molecule has 0 radical (unpaired) electrons. The smallest absolute Gasteiger partial charge is 0.136 e. The van der Waals surface area contributed by atoms with Crippen molar-refractivity contribution >= 4 is 22.9 Å². The zero-order chi connectivity index (χ0) is 54.4. The Morgan fingerprint density at radius 3 is 2.00 bits per heavy atom. The van der Waals surface area contributed by atoms with Gasteiger partial charge in [0, 0.05) is 108 Å². The molecular formula is C67H84N4O4. The van der Waals surface area contributed by atoms with E-state index in [2.05, 4.69) is 198 Å². The standard InChI is InChI=1S/C39H50N2O.C28H34N2O3/c1-12-40-32-20-34-29(18-27(32)24(3)22-38(40,8)9)36(26-16-14-15-17-31(26)37(5,6)7)30-19-28-25(4)23-39(10,11)41(13-2)33(28)21-35(30)42-34;1-28(2,3)17-8-11-20(27(31)32)23(14-17)26-21-12-9-18(29(4)5)15-24(21)33-25-16-19(30(6)7)10-13-22(25)26/h14-23,29,32,36H,12-13H2,1-11H3;8-16,18,21,26H,1-7H3,(H,31,32). The number of hydrogen-bond donors (Lipinski definition) is 1. The summed E-state index contributed by atoms with van der Waals surface area (Å²) in [5.74, 6) is 2.66. The van der Waals surface area contributed by atoms with Gasteiger partial charge in [-0.25, -0.2) is 0 Å². The summed E-state index contributed by atoms with van der Waals surface area (Å²) in [6, 6.07) is 26.2. The first-order chi connectivity index (χ1) is 35.1. The lowest BCUT2D eigenvalue weighted by molar-refractivity contribution is -0.953. The Labute approximate surface area is 449 Å². The van der Waals surface area contributed by atoms with E-state index in [0.717, 1.165) is 58.5 Å². The number of quaternary nitrogens is 1. The van der Waals surface area contributed by atoms with Crippen LogP contribution in [0.1, 0.15) is 158 Å². The Hall–Kier alpha value is -6.09. The fraction of sp³-hybridized carbons (Fsp3) is 0.448. The van der Waals surface area contributed by atoms with Crippen molar-refractivity contribution in [2.24, 2.45) is 11.8 Å². The van der Waals surface area contributed by atoms with Crippen molar-refractivity contribution in [3.63, 3.8) is 0 Å². The predicted molar refractivity (Wildman–Crippen MR) is 308 cm³/mol. The Kier molecular flexibility index (Phi) is 14.0. The third-order valence-electron chi connectivity index (χ3n) is 17.1. The Bertz CT molecular complexity index is 3110. The molecule has 10 rings (SSSR count). The molecule has 0 spiro atoms. The lowest BCUT2D eigenvalue weighted by Crippen LogP contribution is -3.22. The molecule has 7 unspecified atom stereocenters. The molecule has 0 bridgehead atoms. The maximum Gasteiger partial charge on any atom is 0.136 e. The van der Waals surface area contributed by atoms with Crippen LogP contribution < -0.4 is 29.3 Å². The third-order valence-corrected chi connectivity index (χ3v) is 17.1. The van der Waals surface area contributed by atoms with Crippen molar-refractivity contribution in [2.45, 2.75) is 143 Å². The first-order valence-corrected chi connectivity index (χ1v) is 27.5. The summed E-state index contributed by atoms with van der Waals surface area (Å²) in [7, 11) is 8.06. The summed E-state index contributed by atoms with van der Waals surface area (Å²) >= 11 is 0. The van der Waals surface area contributed by atoms with E-state index in [-0.39, 0.29) is 57.2 Å². The Morgan fingerprint density at radius 2 is 1.37 bits per heavy atom. The van der Waals surface area contributed by atoms with Crippen LogP contribution in [0.5, 0.6) is 11.5 Å². The van der Waals surface area contributed by atoms with E-state index in [4.69, 9.17) is 9.47 Å². The Morgan fingerprint density at radius 1 is 0.707 bits per heavy atom. The van der Waals surface area contributed by atoms with E-state index in [0.29, 0.717) is 6.04 Å². The molecule has 8 nitrogen and oxygen atoms in total. The summed E-state index contributed by atoms with van der Waals surface area (Å²) in [6.07, 6.45) is 16.5. The van der Waals surface area contributed by atoms with Crippen LogP contribution >= 0.6 is 0 Å². The lowest BCUT2D eigenvalue weighted by atomic mass is 9.68. The fourth-order valence-electron chi connectivity index (χ4n) is 13.4. The fourth-order valence-corrected chi connectivity index (χ4v) is 13.4. The molecule has 4 aliphatic heterocycles. The summed E-state index contributed by atoms with van der Waals surface area (Å²) in [6.45, 7) is 34.0. The zero-order valence-electron chi connectivity index (χ0n) is 48.3. The summed E-state index contributed by atoms with van der Waals surface area (Å²) in [4.78, 5) is 20.5. The number of carbonyl (C=O) groups excluding carboxylic acids is 1. The van der Waals surface area contributed by atoms with Crippen LogP contribution in [0.3, 0.4) is 0 Å². The highest BCUT2D eigenvalue weighted by Crippen LogP contribution is 2.55. The first kappa shape index (κ1) is 53.7. The molecule has 7 atom stereocenters. The lowest BCUT2D eigenvalue weighted by Gasteiger charge is -2.47. The topological polar surface area (TPSA) is 72.8 Å². The number of ether oxygens (including phenoxy) is 2. The molecule has 0 fully saturated rings. The number of hydrogen-bond acceptors (Lipinski definition) is 7. The van der Waals surface area contributed by atoms with E-state index >= 15 is 0 Å². The average Bonchev–Trinajstić information content (AvgIpc) is 3.32. The summed E-state index contributed by atoms with van der Waals surface area (Å²) in [5.41, 5.74) is 15.1. The molecular weight excluding hydrogens is 925 g/mol. The second-order valence-electron chi connectivity index (χ2n) is 25.6. The van der Waals surface area contributed by atoms with Gasteiger partial charge in [0.2, 0.25) is 0 Å². The van der Waals surface area contributed by atoms with Gasteiger partial charge in [0.05, 0.1) is 18.1 Å². The minimum absolute atomic E-state index is 0.0319. The monoisotopic (exact) mass is 1010 g/mol. The molecule has 6 aliphatic rings. The second-order valence-corrected chi connectivity index (χ2v) is 25.6. The van der Waals surface area contributed by atoms with Gasteiger partial charge < -0.3 is 34.1 Å². The zero-order valence-corrected chi connectivity index (χ0v) is 48.3. The number of aromatic carboxylic acids is 1. The number of anilines is 2. The molecule has 75 heavy (non-hydrogen) atoms. The van der Waals surface area contributed by atoms with E-state index in [1.54, 1.807) is 11.0 Å². The van der Waals surface area contributed by atoms with Crippen LogP contribution in [-0.4, -0.2) is 75.3 Å². The molecule has 0 amide bonds. The number of nitrogens with one attached hydrogen (secondary N) is 1. The molecule has 0 saturated heterocycles. The van der Waals surface area contributed by atoms with Crippen LogP contribution in [0.2, 0.25) is 0 Å². The van der Waals surface area contributed by atoms with Crippen molar-refractivity contribution in [2.75, 3.05) is 51.1 Å². The highest BCUT2D eigenvalue weighted by molar-refractivity contribution is 5.89. The van der Waals surface area contributed by atoms with E-state index in [1.165, 1.54) is 44.7 Å². The maximum absolute atomic E-state index is 12.2. The number of carboxylic acid groups (broad SMARTS) is 1. The van der Waals surface area contributed by atoms with Gasteiger partial charge >= 0.3 is 0 Å². The van der Waals surface area contributed by atoms with Crippen LogP contribution in [0.4, 0.5) is 11.4 Å². The molecule has 396 valence electrons. The minimum atomic E-state index is -1.15. The van der Waals surface area contributed by atoms with Crippen molar-refractivity contribution in [3.8, 4) is 11.5 Å². The molecule has 4 aromatic carbocycles. The molecule has 2 aliphatic carbocycles. The number of allylic oxidation sites excluding steroid dienone is 3. The molecule has 0 saturated carbocycles. The quantitative estimate of drug-likeness (QED) is 0.185. The number of fused-ring (bicyclic) bond motifs is 6. The molecule has 4 aromatic rings. The van der Waals surface area contributed by atoms with E-state index in [9.17, 15) is 9.90 Å². The molecule has 4 heterocycles. The highest BCUT2D eigenvalue weighted by Gasteiger charge is 2.47. The van der Waals surface area contributed by atoms with E-state index < -0.39 is 5.97 Å². The number of benzene rings is 4. The van der Waals surface area contributed by atoms with Crippen molar-refractivity contribution in [1.29, 1.82) is 0 Å². The summed E-state index contributed by atoms with van der Waals surface area (Å²) in [5, 5.41) is 12.2. The third kappa shape index (κ3) is 9.75. The van der Waals surface area contributed by atoms with Gasteiger partial charge in [-0.1, -0.05) is 114 Å². The Balaban J connectivity index is 0.000000189. The molecule has 0 aromatic heterocycles. The van der Waals surface area contributed by atoms with Crippen molar-refractivity contribution in [1.82, 2.24) is 4.90 Å². The second kappa shape index (κ2) is 19.5. The van der Waals surface area contributed by atoms with Crippen molar-refractivity contribution in [3.05, 3.63) is 183 Å². The van der Waals surface area contributed by atoms with Crippen LogP contribution in [0.15, 0.2) is 138 Å². The number of nitrogens with zero attached hydrogens (tertiary/aromatic N) is 3. The number of carboxylic acids is 1. The maximum atomic E-state index is 12.2. The summed E-state index contributed by atoms with van der Waals surface area (Å²) < 4.78 is 13.5. The number of carbonyl (C=O) groups is 1. The van der Waals surface area contributed by atoms with Gasteiger partial charge in [-0.2, -0.15) is 0 Å². The largest absolute Gasteiger partial charge is 0.545 e. The average molecular weight is 1010 g/mol. The van der Waals surface area contributed by atoms with Crippen LogP contribution in [0.25, 0.3) is 5.57 Å². The number of rotatable bonds is 7. The first-order valence-electron chi connectivity index (χ1n) is 27.5.